The molecule has 0 saturated carbocycles. The van der Waals surface area contributed by atoms with Crippen LogP contribution in [0.15, 0.2) is 0 Å². The van der Waals surface area contributed by atoms with E-state index in [1.165, 1.54) is 44.7 Å². The summed E-state index contributed by atoms with van der Waals surface area (Å²) in [6.07, 6.45) is 9.53. The second-order valence-corrected chi connectivity index (χ2v) is 3.43. The van der Waals surface area contributed by atoms with Gasteiger partial charge in [0.1, 0.15) is 0 Å². The molecule has 0 N–H and O–H groups in total. The monoisotopic (exact) mass is 176 g/mol. The van der Waals surface area contributed by atoms with Crippen LogP contribution in [-0.4, -0.2) is 6.16 Å². The molecule has 1 atom stereocenters. The van der Waals surface area contributed by atoms with Gasteiger partial charge in [-0.2, -0.15) is 0 Å². The van der Waals surface area contributed by atoms with Crippen LogP contribution in [0.4, 0.5) is 0 Å². The van der Waals surface area contributed by atoms with Crippen molar-refractivity contribution >= 4 is 9.24 Å². The molecular weight excluding hydrogens is 151 g/mol. The molecular formula is C10H25P. The third kappa shape index (κ3) is 25.1. The van der Waals surface area contributed by atoms with E-state index < -0.39 is 0 Å². The Morgan fingerprint density at radius 2 is 1.09 bits per heavy atom. The molecule has 0 fully saturated rings. The molecule has 70 valence electrons. The summed E-state index contributed by atoms with van der Waals surface area (Å²) in [5.41, 5.74) is 0. The maximum Gasteiger partial charge on any atom is -0.0384 e. The summed E-state index contributed by atoms with van der Waals surface area (Å²) < 4.78 is 0. The second kappa shape index (κ2) is 16.8. The molecule has 0 nitrogen and oxygen atoms in total. The lowest BCUT2D eigenvalue weighted by atomic mass is 10.2. The molecule has 0 bridgehead atoms. The van der Waals surface area contributed by atoms with Crippen molar-refractivity contribution in [3.05, 3.63) is 0 Å². The van der Waals surface area contributed by atoms with E-state index >= 15 is 0 Å². The Kier molecular flexibility index (Phi) is 21.4. The van der Waals surface area contributed by atoms with Crippen LogP contribution in [0.3, 0.4) is 0 Å². The first-order valence-electron chi connectivity index (χ1n) is 5.03. The minimum absolute atomic E-state index is 1.24. The second-order valence-electron chi connectivity index (χ2n) is 2.85. The maximum absolute atomic E-state index is 2.66. The van der Waals surface area contributed by atoms with Gasteiger partial charge < -0.3 is 0 Å². The summed E-state index contributed by atoms with van der Waals surface area (Å²) in [5.74, 6) is 0. The van der Waals surface area contributed by atoms with Gasteiger partial charge >= 0.3 is 0 Å². The fourth-order valence-electron chi connectivity index (χ4n) is 0.677. The molecule has 0 amide bonds. The fraction of sp³-hybridized carbons (Fsp3) is 1.00. The summed E-state index contributed by atoms with van der Waals surface area (Å²) >= 11 is 0. The lowest BCUT2D eigenvalue weighted by Crippen LogP contribution is -1.70. The van der Waals surface area contributed by atoms with Gasteiger partial charge in [-0.25, -0.2) is 0 Å². The van der Waals surface area contributed by atoms with Crippen LogP contribution in [-0.2, 0) is 0 Å². The molecule has 11 heavy (non-hydrogen) atoms. The molecule has 0 aromatic carbocycles. The summed E-state index contributed by atoms with van der Waals surface area (Å²) in [5, 5.41) is 0. The normalized spacial score (nSPS) is 8.73. The first-order chi connectivity index (χ1) is 5.33. The highest BCUT2D eigenvalue weighted by Gasteiger charge is 1.80. The van der Waals surface area contributed by atoms with Gasteiger partial charge in [0.2, 0.25) is 0 Å². The van der Waals surface area contributed by atoms with Crippen molar-refractivity contribution in [2.24, 2.45) is 0 Å². The zero-order valence-electron chi connectivity index (χ0n) is 8.53. The predicted octanol–water partition coefficient (Wildman–Crippen LogP) is 4.25. The minimum atomic E-state index is 1.24. The van der Waals surface area contributed by atoms with Crippen molar-refractivity contribution in [2.45, 2.75) is 59.3 Å². The molecule has 0 aromatic rings. The van der Waals surface area contributed by atoms with Crippen LogP contribution in [0.1, 0.15) is 59.3 Å². The van der Waals surface area contributed by atoms with E-state index in [1.54, 1.807) is 0 Å². The van der Waals surface area contributed by atoms with Crippen molar-refractivity contribution in [3.63, 3.8) is 0 Å². The highest BCUT2D eigenvalue weighted by molar-refractivity contribution is 7.16. The van der Waals surface area contributed by atoms with Gasteiger partial charge in [0, 0.05) is 0 Å². The minimum Gasteiger partial charge on any atom is -0.138 e. The number of hydrogen-bond donors (Lipinski definition) is 0. The zero-order valence-corrected chi connectivity index (χ0v) is 9.68. The third-order valence-corrected chi connectivity index (χ3v) is 2.07. The molecule has 0 radical (unpaired) electrons. The third-order valence-electron chi connectivity index (χ3n) is 1.50. The smallest absolute Gasteiger partial charge is 0.0384 e. The van der Waals surface area contributed by atoms with Gasteiger partial charge in [0.25, 0.3) is 0 Å². The Labute approximate surface area is 75.4 Å². The van der Waals surface area contributed by atoms with Crippen LogP contribution < -0.4 is 0 Å². The average Bonchev–Trinajstić information content (AvgIpc) is 2.06. The van der Waals surface area contributed by atoms with Gasteiger partial charge in [0.15, 0.2) is 0 Å². The molecule has 0 aliphatic rings. The van der Waals surface area contributed by atoms with E-state index in [-0.39, 0.29) is 0 Å². The lowest BCUT2D eigenvalue weighted by molar-refractivity contribution is 0.656. The Balaban J connectivity index is 0. The van der Waals surface area contributed by atoms with Crippen molar-refractivity contribution in [1.29, 1.82) is 0 Å². The summed E-state index contributed by atoms with van der Waals surface area (Å²) in [7, 11) is 2.66. The number of rotatable bonds is 5. The van der Waals surface area contributed by atoms with Crippen LogP contribution in [0.25, 0.3) is 0 Å². The van der Waals surface area contributed by atoms with Crippen molar-refractivity contribution in [2.75, 3.05) is 6.16 Å². The van der Waals surface area contributed by atoms with Crippen LogP contribution in [0, 0.1) is 0 Å². The van der Waals surface area contributed by atoms with Gasteiger partial charge in [0.05, 0.1) is 0 Å². The van der Waals surface area contributed by atoms with Gasteiger partial charge in [-0.05, 0) is 6.16 Å². The molecule has 0 aromatic heterocycles. The van der Waals surface area contributed by atoms with E-state index in [0.717, 1.165) is 0 Å². The summed E-state index contributed by atoms with van der Waals surface area (Å²) in [6.45, 7) is 6.65. The molecule has 0 aliphatic heterocycles. The van der Waals surface area contributed by atoms with E-state index in [2.05, 4.69) is 30.0 Å². The highest BCUT2D eigenvalue weighted by Crippen LogP contribution is 2.00. The fourth-order valence-corrected chi connectivity index (χ4v) is 0.677. The van der Waals surface area contributed by atoms with Gasteiger partial charge in [-0.3, -0.25) is 0 Å². The zero-order chi connectivity index (χ0) is 8.95. The predicted molar refractivity (Wildman–Crippen MR) is 59.3 cm³/mol. The molecule has 0 saturated heterocycles. The Morgan fingerprint density at radius 1 is 0.727 bits per heavy atom. The molecule has 1 heteroatoms. The largest absolute Gasteiger partial charge is 0.138 e. The first-order valence-corrected chi connectivity index (χ1v) is 5.85. The van der Waals surface area contributed by atoms with E-state index in [4.69, 9.17) is 0 Å². The van der Waals surface area contributed by atoms with Crippen molar-refractivity contribution in [3.8, 4) is 0 Å². The molecule has 0 spiro atoms. The van der Waals surface area contributed by atoms with Gasteiger partial charge in [-0.15, -0.1) is 9.24 Å². The Bertz CT molecular complexity index is 38.1. The number of hydrogen-bond acceptors (Lipinski definition) is 0. The number of unbranched alkanes of at least 4 members (excludes halogenated alkanes) is 4. The first kappa shape index (κ1) is 14.0. The SMILES string of the molecule is CCCCCCC.CCCP. The van der Waals surface area contributed by atoms with Crippen molar-refractivity contribution < 1.29 is 0 Å². The molecule has 0 rings (SSSR count). The average molecular weight is 176 g/mol. The topological polar surface area (TPSA) is 0 Å². The van der Waals surface area contributed by atoms with Crippen molar-refractivity contribution in [1.82, 2.24) is 0 Å². The Morgan fingerprint density at radius 3 is 1.27 bits per heavy atom. The lowest BCUT2D eigenvalue weighted by Gasteiger charge is -1.90. The molecule has 0 heterocycles. The highest BCUT2D eigenvalue weighted by atomic mass is 31.0. The van der Waals surface area contributed by atoms with E-state index in [9.17, 15) is 0 Å². The van der Waals surface area contributed by atoms with Crippen LogP contribution >= 0.6 is 9.24 Å². The summed E-state index contributed by atoms with van der Waals surface area (Å²) in [6, 6.07) is 0. The van der Waals surface area contributed by atoms with E-state index in [1.807, 2.05) is 0 Å². The standard InChI is InChI=1S/C7H16.C3H9P/c1-3-5-7-6-4-2;1-2-3-4/h3-7H2,1-2H3;2-4H2,1H3. The molecule has 0 aliphatic carbocycles. The maximum atomic E-state index is 2.66. The quantitative estimate of drug-likeness (QED) is 0.434. The van der Waals surface area contributed by atoms with E-state index in [0.29, 0.717) is 0 Å². The molecule has 1 unspecified atom stereocenters. The van der Waals surface area contributed by atoms with Crippen LogP contribution in [0.5, 0.6) is 0 Å². The Hall–Kier alpha value is 0.430. The summed E-state index contributed by atoms with van der Waals surface area (Å²) in [4.78, 5) is 0. The van der Waals surface area contributed by atoms with Gasteiger partial charge in [-0.1, -0.05) is 59.3 Å². The van der Waals surface area contributed by atoms with Crippen LogP contribution in [0.2, 0.25) is 0 Å².